The van der Waals surface area contributed by atoms with Crippen molar-refractivity contribution in [2.24, 2.45) is 7.05 Å². The molecule has 2 aromatic carbocycles. The Morgan fingerprint density at radius 1 is 1.07 bits per heavy atom. The molecule has 6 heteroatoms. The van der Waals surface area contributed by atoms with E-state index in [2.05, 4.69) is 5.10 Å². The number of allylic oxidation sites excluding steroid dienone is 1. The predicted octanol–water partition coefficient (Wildman–Crippen LogP) is 4.33. The molecule has 154 valence electrons. The number of nitrogens with zero attached hydrogens (tertiary/aromatic N) is 3. The molecule has 0 N–H and O–H groups in total. The van der Waals surface area contributed by atoms with Gasteiger partial charge in [-0.1, -0.05) is 48.5 Å². The zero-order valence-corrected chi connectivity index (χ0v) is 17.3. The first-order valence-electron chi connectivity index (χ1n) is 9.85. The van der Waals surface area contributed by atoms with E-state index < -0.39 is 0 Å². The van der Waals surface area contributed by atoms with Crippen LogP contribution >= 0.6 is 0 Å². The summed E-state index contributed by atoms with van der Waals surface area (Å²) in [5, 5.41) is 4.42. The van der Waals surface area contributed by atoms with E-state index in [0.717, 1.165) is 5.56 Å². The van der Waals surface area contributed by atoms with E-state index in [1.807, 2.05) is 49.1 Å². The largest absolute Gasteiger partial charge is 0.367 e. The molecule has 5 nitrogen and oxygen atoms in total. The number of aryl methyl sites for hydroxylation is 1. The van der Waals surface area contributed by atoms with Gasteiger partial charge < -0.3 is 4.90 Å². The van der Waals surface area contributed by atoms with Gasteiger partial charge in [0.15, 0.2) is 5.78 Å². The number of carbonyl (C=O) groups is 1. The van der Waals surface area contributed by atoms with Gasteiger partial charge in [0.2, 0.25) is 0 Å². The zero-order valence-electron chi connectivity index (χ0n) is 17.3. The molecular formula is C24H24FN3O2. The van der Waals surface area contributed by atoms with E-state index in [0.29, 0.717) is 30.0 Å². The molecule has 0 spiro atoms. The van der Waals surface area contributed by atoms with Crippen LogP contribution in [0.5, 0.6) is 0 Å². The number of rotatable bonds is 7. The fourth-order valence-electron chi connectivity index (χ4n) is 3.31. The fourth-order valence-corrected chi connectivity index (χ4v) is 3.31. The van der Waals surface area contributed by atoms with Crippen LogP contribution in [0.3, 0.4) is 0 Å². The molecule has 30 heavy (non-hydrogen) atoms. The minimum absolute atomic E-state index is 0.270. The maximum Gasteiger partial charge on any atom is 0.290 e. The molecule has 0 saturated carbocycles. The van der Waals surface area contributed by atoms with E-state index in [4.69, 9.17) is 0 Å². The van der Waals surface area contributed by atoms with Gasteiger partial charge in [0.1, 0.15) is 17.2 Å². The van der Waals surface area contributed by atoms with Gasteiger partial charge in [-0.05, 0) is 37.6 Å². The number of halogens is 1. The molecule has 0 aliphatic carbocycles. The highest BCUT2D eigenvalue weighted by Crippen LogP contribution is 2.28. The lowest BCUT2D eigenvalue weighted by Crippen LogP contribution is -2.35. The van der Waals surface area contributed by atoms with Gasteiger partial charge in [0, 0.05) is 25.7 Å². The Balaban J connectivity index is 2.21. The summed E-state index contributed by atoms with van der Waals surface area (Å²) in [6.07, 6.45) is 3.02. The number of hydrogen-bond acceptors (Lipinski definition) is 4. The second-order valence-corrected chi connectivity index (χ2v) is 6.79. The Morgan fingerprint density at radius 2 is 1.70 bits per heavy atom. The summed E-state index contributed by atoms with van der Waals surface area (Å²) in [6, 6.07) is 15.2. The summed E-state index contributed by atoms with van der Waals surface area (Å²) < 4.78 is 14.4. The number of benzene rings is 2. The van der Waals surface area contributed by atoms with Gasteiger partial charge in [0.25, 0.3) is 5.56 Å². The quantitative estimate of drug-likeness (QED) is 0.434. The Kier molecular flexibility index (Phi) is 6.57. The molecule has 0 fully saturated rings. The summed E-state index contributed by atoms with van der Waals surface area (Å²) in [5.41, 5.74) is 2.17. The molecule has 3 aromatic rings. The number of aromatic nitrogens is 2. The molecule has 0 atom stereocenters. The summed E-state index contributed by atoms with van der Waals surface area (Å²) in [7, 11) is 1.59. The predicted molar refractivity (Wildman–Crippen MR) is 118 cm³/mol. The van der Waals surface area contributed by atoms with E-state index in [-0.39, 0.29) is 22.7 Å². The Morgan fingerprint density at radius 3 is 2.30 bits per heavy atom. The third-order valence-electron chi connectivity index (χ3n) is 4.89. The number of hydrogen-bond donors (Lipinski definition) is 0. The van der Waals surface area contributed by atoms with Gasteiger partial charge in [-0.3, -0.25) is 9.59 Å². The van der Waals surface area contributed by atoms with Gasteiger partial charge in [-0.15, -0.1) is 0 Å². The van der Waals surface area contributed by atoms with Gasteiger partial charge >= 0.3 is 0 Å². The average Bonchev–Trinajstić information content (AvgIpc) is 2.77. The Hall–Kier alpha value is -3.54. The summed E-state index contributed by atoms with van der Waals surface area (Å²) >= 11 is 0. The van der Waals surface area contributed by atoms with Crippen LogP contribution in [0.1, 0.15) is 29.8 Å². The smallest absolute Gasteiger partial charge is 0.290 e. The van der Waals surface area contributed by atoms with Crippen LogP contribution in [0.15, 0.2) is 65.5 Å². The molecule has 0 amide bonds. The third-order valence-corrected chi connectivity index (χ3v) is 4.89. The lowest BCUT2D eigenvalue weighted by molar-refractivity contribution is 0.104. The number of anilines is 1. The normalized spacial score (nSPS) is 11.1. The first kappa shape index (κ1) is 21.2. The zero-order chi connectivity index (χ0) is 21.7. The van der Waals surface area contributed by atoms with E-state index in [1.54, 1.807) is 25.3 Å². The van der Waals surface area contributed by atoms with E-state index >= 15 is 0 Å². The van der Waals surface area contributed by atoms with Crippen molar-refractivity contribution in [3.8, 4) is 11.3 Å². The third kappa shape index (κ3) is 4.38. The van der Waals surface area contributed by atoms with Crippen molar-refractivity contribution in [2.75, 3.05) is 18.0 Å². The van der Waals surface area contributed by atoms with Crippen molar-refractivity contribution in [3.05, 3.63) is 88.0 Å². The van der Waals surface area contributed by atoms with Crippen LogP contribution in [-0.2, 0) is 7.05 Å². The molecular weight excluding hydrogens is 381 g/mol. The van der Waals surface area contributed by atoms with Crippen molar-refractivity contribution in [1.29, 1.82) is 0 Å². The molecule has 0 unspecified atom stereocenters. The van der Waals surface area contributed by atoms with Crippen LogP contribution in [0.2, 0.25) is 0 Å². The minimum atomic E-state index is -0.343. The first-order chi connectivity index (χ1) is 14.5. The number of ketones is 1. The van der Waals surface area contributed by atoms with Crippen LogP contribution in [0.25, 0.3) is 17.3 Å². The van der Waals surface area contributed by atoms with Crippen molar-refractivity contribution in [3.63, 3.8) is 0 Å². The van der Waals surface area contributed by atoms with Crippen LogP contribution in [-0.4, -0.2) is 28.7 Å². The summed E-state index contributed by atoms with van der Waals surface area (Å²) in [5.74, 6) is -0.672. The second-order valence-electron chi connectivity index (χ2n) is 6.79. The molecule has 0 aliphatic heterocycles. The van der Waals surface area contributed by atoms with Crippen LogP contribution in [0, 0.1) is 5.82 Å². The van der Waals surface area contributed by atoms with Crippen molar-refractivity contribution >= 4 is 17.5 Å². The topological polar surface area (TPSA) is 55.2 Å². The fraction of sp³-hybridized carbons (Fsp3) is 0.208. The lowest BCUT2D eigenvalue weighted by Gasteiger charge is -2.24. The standard InChI is InChI=1S/C24H24FN3O2/c1-4-28(5-2)23-21(20(29)16-13-17-11-14-19(25)15-12-17)22(26-27(3)24(23)30)18-9-7-6-8-10-18/h6-16H,4-5H2,1-3H3/b16-13-. The SMILES string of the molecule is CCN(CC)c1c(C(=O)/C=C\c2ccc(F)cc2)c(-c2ccccc2)nn(C)c1=O. The molecule has 1 aromatic heterocycles. The van der Waals surface area contributed by atoms with Gasteiger partial charge in [0.05, 0.1) is 5.56 Å². The molecule has 0 saturated heterocycles. The van der Waals surface area contributed by atoms with Crippen LogP contribution < -0.4 is 10.5 Å². The Labute approximate surface area is 175 Å². The van der Waals surface area contributed by atoms with Crippen molar-refractivity contribution in [2.45, 2.75) is 13.8 Å². The Bertz CT molecular complexity index is 1120. The summed E-state index contributed by atoms with van der Waals surface area (Å²) in [4.78, 5) is 28.2. The highest BCUT2D eigenvalue weighted by molar-refractivity contribution is 6.14. The van der Waals surface area contributed by atoms with Crippen molar-refractivity contribution < 1.29 is 9.18 Å². The van der Waals surface area contributed by atoms with E-state index in [9.17, 15) is 14.0 Å². The number of carbonyl (C=O) groups excluding carboxylic acids is 1. The van der Waals surface area contributed by atoms with E-state index in [1.165, 1.54) is 22.9 Å². The van der Waals surface area contributed by atoms with Gasteiger partial charge in [-0.25, -0.2) is 9.07 Å². The molecule has 0 bridgehead atoms. The average molecular weight is 405 g/mol. The molecule has 3 rings (SSSR count). The maximum atomic E-state index is 13.3. The first-order valence-corrected chi connectivity index (χ1v) is 9.85. The summed E-state index contributed by atoms with van der Waals surface area (Å²) in [6.45, 7) is 5.03. The second kappa shape index (κ2) is 9.31. The minimum Gasteiger partial charge on any atom is -0.367 e. The molecule has 0 aliphatic rings. The highest BCUT2D eigenvalue weighted by Gasteiger charge is 2.25. The van der Waals surface area contributed by atoms with Crippen LogP contribution in [0.4, 0.5) is 10.1 Å². The van der Waals surface area contributed by atoms with Gasteiger partial charge in [-0.2, -0.15) is 5.10 Å². The molecule has 0 radical (unpaired) electrons. The molecule has 1 heterocycles. The monoisotopic (exact) mass is 405 g/mol. The maximum absolute atomic E-state index is 13.3. The van der Waals surface area contributed by atoms with Crippen molar-refractivity contribution in [1.82, 2.24) is 9.78 Å². The lowest BCUT2D eigenvalue weighted by atomic mass is 10.00. The highest BCUT2D eigenvalue weighted by atomic mass is 19.1.